The Balaban J connectivity index is 1.72. The highest BCUT2D eigenvalue weighted by Gasteiger charge is 2.24. The quantitative estimate of drug-likeness (QED) is 0.771. The zero-order chi connectivity index (χ0) is 13.7. The molecule has 106 valence electrons. The van der Waals surface area contributed by atoms with Gasteiger partial charge in [-0.05, 0) is 41.1 Å². The fraction of sp³-hybridized carbons (Fsp3) is 0.643. The van der Waals surface area contributed by atoms with Crippen molar-refractivity contribution in [3.63, 3.8) is 0 Å². The number of hydrogen-bond donors (Lipinski definition) is 3. The zero-order valence-corrected chi connectivity index (χ0v) is 11.9. The number of hydrogen-bond acceptors (Lipinski definition) is 4. The largest absolute Gasteiger partial charge is 0.387 e. The van der Waals surface area contributed by atoms with Gasteiger partial charge in [0.05, 0.1) is 6.10 Å². The number of nitrogens with two attached hydrogens (primary N) is 1. The van der Waals surface area contributed by atoms with Gasteiger partial charge in [-0.1, -0.05) is 12.8 Å². The maximum atomic E-state index is 11.9. The summed E-state index contributed by atoms with van der Waals surface area (Å²) in [5, 5.41) is 16.5. The summed E-state index contributed by atoms with van der Waals surface area (Å²) in [5.41, 5.74) is 6.89. The Morgan fingerprint density at radius 2 is 2.32 bits per heavy atom. The Labute approximate surface area is 118 Å². The maximum Gasteiger partial charge on any atom is 0.220 e. The number of rotatable bonds is 5. The number of carbonyl (C=O) groups is 1. The molecule has 1 saturated carbocycles. The molecular formula is C14H22N2O2S. The van der Waals surface area contributed by atoms with E-state index in [2.05, 4.69) is 5.32 Å². The minimum Gasteiger partial charge on any atom is -0.387 e. The highest BCUT2D eigenvalue weighted by molar-refractivity contribution is 7.07. The molecule has 0 radical (unpaired) electrons. The molecule has 1 aromatic rings. The van der Waals surface area contributed by atoms with Crippen LogP contribution in [0.4, 0.5) is 0 Å². The summed E-state index contributed by atoms with van der Waals surface area (Å²) < 4.78 is 0. The summed E-state index contributed by atoms with van der Waals surface area (Å²) >= 11 is 1.54. The van der Waals surface area contributed by atoms with Gasteiger partial charge in [0.25, 0.3) is 0 Å². The lowest BCUT2D eigenvalue weighted by Gasteiger charge is -2.28. The van der Waals surface area contributed by atoms with E-state index in [-0.39, 0.29) is 18.5 Å². The van der Waals surface area contributed by atoms with Crippen LogP contribution in [0, 0.1) is 5.92 Å². The van der Waals surface area contributed by atoms with E-state index in [1.807, 2.05) is 16.8 Å². The molecule has 4 N–H and O–H groups in total. The van der Waals surface area contributed by atoms with Crippen LogP contribution in [0.5, 0.6) is 0 Å². The van der Waals surface area contributed by atoms with Gasteiger partial charge in [-0.15, -0.1) is 0 Å². The summed E-state index contributed by atoms with van der Waals surface area (Å²) in [7, 11) is 0. The number of thiophene rings is 1. The van der Waals surface area contributed by atoms with Crippen LogP contribution < -0.4 is 11.1 Å². The summed E-state index contributed by atoms with van der Waals surface area (Å²) in [6.07, 6.45) is 4.28. The summed E-state index contributed by atoms with van der Waals surface area (Å²) in [6.45, 7) is 0.275. The average molecular weight is 282 g/mol. The van der Waals surface area contributed by atoms with E-state index < -0.39 is 6.10 Å². The predicted molar refractivity (Wildman–Crippen MR) is 76.8 cm³/mol. The SMILES string of the molecule is NC1CCCCC1CC(=O)NCC(O)c1ccsc1. The summed E-state index contributed by atoms with van der Waals surface area (Å²) in [6, 6.07) is 2.03. The van der Waals surface area contributed by atoms with Crippen LogP contribution in [0.15, 0.2) is 16.8 Å². The molecule has 3 unspecified atom stereocenters. The first kappa shape index (κ1) is 14.5. The van der Waals surface area contributed by atoms with Gasteiger partial charge in [-0.2, -0.15) is 11.3 Å². The van der Waals surface area contributed by atoms with Gasteiger partial charge in [-0.25, -0.2) is 0 Å². The molecular weight excluding hydrogens is 260 g/mol. The van der Waals surface area contributed by atoms with Crippen molar-refractivity contribution in [2.45, 2.75) is 44.2 Å². The fourth-order valence-electron chi connectivity index (χ4n) is 2.59. The number of aliphatic hydroxyl groups is 1. The molecule has 0 saturated heterocycles. The van der Waals surface area contributed by atoms with Crippen molar-refractivity contribution in [1.29, 1.82) is 0 Å². The number of carbonyl (C=O) groups excluding carboxylic acids is 1. The van der Waals surface area contributed by atoms with Crippen molar-refractivity contribution < 1.29 is 9.90 Å². The molecule has 5 heteroatoms. The molecule has 3 atom stereocenters. The zero-order valence-electron chi connectivity index (χ0n) is 11.0. The Bertz CT molecular complexity index is 394. The van der Waals surface area contributed by atoms with Gasteiger partial charge in [0.15, 0.2) is 0 Å². The highest BCUT2D eigenvalue weighted by Crippen LogP contribution is 2.25. The fourth-order valence-corrected chi connectivity index (χ4v) is 3.30. The molecule has 2 rings (SSSR count). The minimum absolute atomic E-state index is 0.00312. The maximum absolute atomic E-state index is 11.9. The summed E-state index contributed by atoms with van der Waals surface area (Å²) in [5.74, 6) is 0.295. The first-order chi connectivity index (χ1) is 9.16. The molecule has 0 spiro atoms. The normalized spacial score (nSPS) is 24.9. The van der Waals surface area contributed by atoms with Gasteiger partial charge in [0.1, 0.15) is 0 Å². The lowest BCUT2D eigenvalue weighted by molar-refractivity contribution is -0.122. The Hall–Kier alpha value is -0.910. The van der Waals surface area contributed by atoms with Crippen molar-refractivity contribution in [1.82, 2.24) is 5.32 Å². The van der Waals surface area contributed by atoms with E-state index in [0.29, 0.717) is 12.3 Å². The second kappa shape index (κ2) is 7.03. The van der Waals surface area contributed by atoms with Gasteiger partial charge in [0, 0.05) is 19.0 Å². The second-order valence-corrected chi connectivity index (χ2v) is 6.07. The second-order valence-electron chi connectivity index (χ2n) is 5.29. The number of amides is 1. The number of aliphatic hydroxyl groups excluding tert-OH is 1. The van der Waals surface area contributed by atoms with Crippen LogP contribution in [-0.4, -0.2) is 23.6 Å². The minimum atomic E-state index is -0.616. The van der Waals surface area contributed by atoms with Crippen molar-refractivity contribution >= 4 is 17.2 Å². The van der Waals surface area contributed by atoms with Crippen LogP contribution in [0.3, 0.4) is 0 Å². The Morgan fingerprint density at radius 1 is 1.53 bits per heavy atom. The average Bonchev–Trinajstić information content (AvgIpc) is 2.93. The smallest absolute Gasteiger partial charge is 0.220 e. The molecule has 1 fully saturated rings. The molecule has 1 aliphatic carbocycles. The van der Waals surface area contributed by atoms with E-state index in [0.717, 1.165) is 18.4 Å². The lowest BCUT2D eigenvalue weighted by atomic mass is 9.83. The molecule has 19 heavy (non-hydrogen) atoms. The van der Waals surface area contributed by atoms with Crippen LogP contribution in [0.2, 0.25) is 0 Å². The first-order valence-corrected chi connectivity index (χ1v) is 7.83. The van der Waals surface area contributed by atoms with Crippen LogP contribution in [0.25, 0.3) is 0 Å². The molecule has 0 aromatic carbocycles. The summed E-state index contributed by atoms with van der Waals surface area (Å²) in [4.78, 5) is 11.9. The third kappa shape index (κ3) is 4.30. The molecule has 1 aromatic heterocycles. The standard InChI is InChI=1S/C14H22N2O2S/c15-12-4-2-1-3-10(12)7-14(18)16-8-13(17)11-5-6-19-9-11/h5-6,9-10,12-13,17H,1-4,7-8,15H2,(H,16,18). The van der Waals surface area contributed by atoms with E-state index in [4.69, 9.17) is 5.73 Å². The molecule has 4 nitrogen and oxygen atoms in total. The predicted octanol–water partition coefficient (Wildman–Crippen LogP) is 1.81. The monoisotopic (exact) mass is 282 g/mol. The lowest BCUT2D eigenvalue weighted by Crippen LogP contribution is -2.37. The van der Waals surface area contributed by atoms with Crippen molar-refractivity contribution in [3.05, 3.63) is 22.4 Å². The van der Waals surface area contributed by atoms with Gasteiger partial charge in [-0.3, -0.25) is 4.79 Å². The molecule has 1 aliphatic rings. The van der Waals surface area contributed by atoms with Crippen molar-refractivity contribution in [2.24, 2.45) is 11.7 Å². The van der Waals surface area contributed by atoms with E-state index >= 15 is 0 Å². The van der Waals surface area contributed by atoms with Crippen molar-refractivity contribution in [3.8, 4) is 0 Å². The third-order valence-corrected chi connectivity index (χ3v) is 4.54. The van der Waals surface area contributed by atoms with Crippen LogP contribution in [-0.2, 0) is 4.79 Å². The van der Waals surface area contributed by atoms with E-state index in [9.17, 15) is 9.90 Å². The van der Waals surface area contributed by atoms with E-state index in [1.54, 1.807) is 11.3 Å². The molecule has 1 heterocycles. The Kier molecular flexibility index (Phi) is 5.36. The molecule has 0 bridgehead atoms. The Morgan fingerprint density at radius 3 is 3.00 bits per heavy atom. The topological polar surface area (TPSA) is 75.4 Å². The third-order valence-electron chi connectivity index (χ3n) is 3.84. The van der Waals surface area contributed by atoms with Crippen LogP contribution in [0.1, 0.15) is 43.8 Å². The number of nitrogens with one attached hydrogen (secondary N) is 1. The van der Waals surface area contributed by atoms with Gasteiger partial charge in [0.2, 0.25) is 5.91 Å². The molecule has 0 aliphatic heterocycles. The highest BCUT2D eigenvalue weighted by atomic mass is 32.1. The first-order valence-electron chi connectivity index (χ1n) is 6.89. The van der Waals surface area contributed by atoms with Gasteiger partial charge < -0.3 is 16.2 Å². The van der Waals surface area contributed by atoms with Crippen LogP contribution >= 0.6 is 11.3 Å². The van der Waals surface area contributed by atoms with E-state index in [1.165, 1.54) is 12.8 Å². The van der Waals surface area contributed by atoms with Gasteiger partial charge >= 0.3 is 0 Å². The van der Waals surface area contributed by atoms with Crippen molar-refractivity contribution in [2.75, 3.05) is 6.54 Å². The molecule has 1 amide bonds.